The Hall–Kier alpha value is -2.57. The first kappa shape index (κ1) is 30.5. The van der Waals surface area contributed by atoms with Crippen LogP contribution in [0, 0.1) is 5.92 Å². The highest BCUT2D eigenvalue weighted by atomic mass is 16.6. The van der Waals surface area contributed by atoms with E-state index in [0.717, 1.165) is 43.2 Å². The molecular formula is C28H47N3O4. The Morgan fingerprint density at radius 3 is 2.11 bits per heavy atom. The van der Waals surface area contributed by atoms with Crippen molar-refractivity contribution in [1.82, 2.24) is 15.5 Å². The highest BCUT2D eigenvalue weighted by Crippen LogP contribution is 2.27. The number of carbonyl (C=O) groups is 3. The third kappa shape index (κ3) is 11.1. The van der Waals surface area contributed by atoms with Gasteiger partial charge in [0.15, 0.2) is 0 Å². The van der Waals surface area contributed by atoms with Gasteiger partial charge in [0.1, 0.15) is 18.2 Å². The Bertz CT molecular complexity index is 799. The zero-order chi connectivity index (χ0) is 26.6. The predicted octanol–water partition coefficient (Wildman–Crippen LogP) is 5.38. The molecule has 35 heavy (non-hydrogen) atoms. The molecule has 0 aromatic heterocycles. The third-order valence-corrected chi connectivity index (χ3v) is 5.77. The summed E-state index contributed by atoms with van der Waals surface area (Å²) >= 11 is 0. The van der Waals surface area contributed by atoms with Crippen LogP contribution >= 0.6 is 0 Å². The van der Waals surface area contributed by atoms with Crippen molar-refractivity contribution in [2.45, 2.75) is 105 Å². The fourth-order valence-electron chi connectivity index (χ4n) is 3.77. The molecule has 3 amide bonds. The molecule has 2 N–H and O–H groups in total. The van der Waals surface area contributed by atoms with Gasteiger partial charge in [-0.15, -0.1) is 0 Å². The Balaban J connectivity index is 3.30. The number of amides is 3. The first-order valence-electron chi connectivity index (χ1n) is 13.0. The lowest BCUT2D eigenvalue weighted by atomic mass is 9.97. The smallest absolute Gasteiger partial charge is 0.408 e. The van der Waals surface area contributed by atoms with E-state index >= 15 is 0 Å². The largest absolute Gasteiger partial charge is 0.444 e. The average Bonchev–Trinajstić information content (AvgIpc) is 2.78. The van der Waals surface area contributed by atoms with Gasteiger partial charge in [0, 0.05) is 12.6 Å². The van der Waals surface area contributed by atoms with E-state index in [9.17, 15) is 14.4 Å². The molecule has 0 bridgehead atoms. The fourth-order valence-corrected chi connectivity index (χ4v) is 3.77. The standard InChI is InChI=1S/C28H47N3O4/c1-9-11-18-29-26(33)25(23-16-14-22(10-2)15-17-23)31(21(5)13-12-20(3)4)24(32)19-30-27(34)35-28(6,7)8/h14-17,20-21,25H,9-13,18-19H2,1-8H3,(H,29,33)(H,30,34). The maximum atomic E-state index is 13.5. The first-order valence-corrected chi connectivity index (χ1v) is 13.0. The molecule has 1 aromatic rings. The van der Waals surface area contributed by atoms with E-state index in [0.29, 0.717) is 12.5 Å². The zero-order valence-corrected chi connectivity index (χ0v) is 23.1. The zero-order valence-electron chi connectivity index (χ0n) is 23.1. The van der Waals surface area contributed by atoms with Gasteiger partial charge in [0.05, 0.1) is 0 Å². The first-order chi connectivity index (χ1) is 16.4. The fraction of sp³-hybridized carbons (Fsp3) is 0.679. The van der Waals surface area contributed by atoms with E-state index in [4.69, 9.17) is 4.74 Å². The molecule has 0 heterocycles. The summed E-state index contributed by atoms with van der Waals surface area (Å²) in [6.07, 6.45) is 3.73. The quantitative estimate of drug-likeness (QED) is 0.364. The van der Waals surface area contributed by atoms with Crippen molar-refractivity contribution < 1.29 is 19.1 Å². The monoisotopic (exact) mass is 489 g/mol. The van der Waals surface area contributed by atoms with Crippen molar-refractivity contribution >= 4 is 17.9 Å². The minimum atomic E-state index is -0.784. The Morgan fingerprint density at radius 2 is 1.60 bits per heavy atom. The van der Waals surface area contributed by atoms with Crippen molar-refractivity contribution in [2.24, 2.45) is 5.92 Å². The molecule has 1 rings (SSSR count). The van der Waals surface area contributed by atoms with Crippen LogP contribution in [0.25, 0.3) is 0 Å². The maximum absolute atomic E-state index is 13.5. The molecule has 7 heteroatoms. The van der Waals surface area contributed by atoms with Crippen LogP contribution < -0.4 is 10.6 Å². The number of rotatable bonds is 13. The molecule has 1 aromatic carbocycles. The van der Waals surface area contributed by atoms with Crippen LogP contribution in [0.15, 0.2) is 24.3 Å². The topological polar surface area (TPSA) is 87.7 Å². The summed E-state index contributed by atoms with van der Waals surface area (Å²) in [5, 5.41) is 5.59. The summed E-state index contributed by atoms with van der Waals surface area (Å²) in [6, 6.07) is 6.88. The number of unbranched alkanes of at least 4 members (excludes halogenated alkanes) is 1. The molecule has 198 valence electrons. The number of nitrogens with zero attached hydrogens (tertiary/aromatic N) is 1. The van der Waals surface area contributed by atoms with Crippen molar-refractivity contribution in [3.8, 4) is 0 Å². The van der Waals surface area contributed by atoms with E-state index in [1.165, 1.54) is 0 Å². The highest BCUT2D eigenvalue weighted by Gasteiger charge is 2.34. The molecule has 0 fully saturated rings. The highest BCUT2D eigenvalue weighted by molar-refractivity contribution is 5.90. The van der Waals surface area contributed by atoms with Gasteiger partial charge in [-0.05, 0) is 70.4 Å². The van der Waals surface area contributed by atoms with Gasteiger partial charge < -0.3 is 20.3 Å². The van der Waals surface area contributed by atoms with Crippen LogP contribution in [0.2, 0.25) is 0 Å². The molecule has 0 aliphatic heterocycles. The summed E-state index contributed by atoms with van der Waals surface area (Å²) in [4.78, 5) is 40.9. The number of benzene rings is 1. The minimum absolute atomic E-state index is 0.196. The van der Waals surface area contributed by atoms with Crippen molar-refractivity contribution in [1.29, 1.82) is 0 Å². The summed E-state index contributed by atoms with van der Waals surface area (Å²) in [7, 11) is 0. The van der Waals surface area contributed by atoms with Crippen LogP contribution in [-0.4, -0.2) is 47.5 Å². The molecule has 7 nitrogen and oxygen atoms in total. The lowest BCUT2D eigenvalue weighted by Gasteiger charge is -2.36. The minimum Gasteiger partial charge on any atom is -0.444 e. The van der Waals surface area contributed by atoms with Crippen molar-refractivity contribution in [3.05, 3.63) is 35.4 Å². The Kier molecular flexibility index (Phi) is 12.8. The second kappa shape index (κ2) is 14.7. The lowest BCUT2D eigenvalue weighted by Crippen LogP contribution is -2.51. The third-order valence-electron chi connectivity index (χ3n) is 5.77. The van der Waals surface area contributed by atoms with E-state index < -0.39 is 17.7 Å². The van der Waals surface area contributed by atoms with Gasteiger partial charge in [-0.3, -0.25) is 9.59 Å². The van der Waals surface area contributed by atoms with Crippen LogP contribution in [0.1, 0.15) is 98.2 Å². The second-order valence-corrected chi connectivity index (χ2v) is 10.6. The summed E-state index contributed by atoms with van der Waals surface area (Å²) in [5.41, 5.74) is 1.26. The van der Waals surface area contributed by atoms with Gasteiger partial charge in [0.2, 0.25) is 11.8 Å². The van der Waals surface area contributed by atoms with Gasteiger partial charge in [0.25, 0.3) is 0 Å². The lowest BCUT2D eigenvalue weighted by molar-refractivity contribution is -0.142. The van der Waals surface area contributed by atoms with Crippen LogP contribution in [0.4, 0.5) is 4.79 Å². The van der Waals surface area contributed by atoms with Gasteiger partial charge in [-0.2, -0.15) is 0 Å². The number of nitrogens with one attached hydrogen (secondary N) is 2. The number of hydrogen-bond acceptors (Lipinski definition) is 4. The van der Waals surface area contributed by atoms with Crippen molar-refractivity contribution in [2.75, 3.05) is 13.1 Å². The second-order valence-electron chi connectivity index (χ2n) is 10.6. The number of carbonyl (C=O) groups excluding carboxylic acids is 3. The average molecular weight is 490 g/mol. The number of ether oxygens (including phenoxy) is 1. The summed E-state index contributed by atoms with van der Waals surface area (Å²) < 4.78 is 5.29. The van der Waals surface area contributed by atoms with Gasteiger partial charge in [-0.25, -0.2) is 4.79 Å². The summed E-state index contributed by atoms with van der Waals surface area (Å²) in [6.45, 7) is 16.0. The Morgan fingerprint density at radius 1 is 0.971 bits per heavy atom. The maximum Gasteiger partial charge on any atom is 0.408 e. The molecule has 2 atom stereocenters. The molecular weight excluding hydrogens is 442 g/mol. The van der Waals surface area contributed by atoms with Gasteiger partial charge in [-0.1, -0.05) is 58.4 Å². The number of aryl methyl sites for hydroxylation is 1. The van der Waals surface area contributed by atoms with Crippen LogP contribution in [0.5, 0.6) is 0 Å². The molecule has 0 aliphatic rings. The molecule has 2 unspecified atom stereocenters. The van der Waals surface area contributed by atoms with E-state index in [1.807, 2.05) is 31.2 Å². The van der Waals surface area contributed by atoms with E-state index in [1.54, 1.807) is 25.7 Å². The van der Waals surface area contributed by atoms with Gasteiger partial charge >= 0.3 is 6.09 Å². The van der Waals surface area contributed by atoms with Crippen molar-refractivity contribution in [3.63, 3.8) is 0 Å². The van der Waals surface area contributed by atoms with E-state index in [2.05, 4.69) is 38.3 Å². The number of hydrogen-bond donors (Lipinski definition) is 2. The number of alkyl carbamates (subject to hydrolysis) is 1. The molecule has 0 radical (unpaired) electrons. The molecule has 0 saturated heterocycles. The molecule has 0 saturated carbocycles. The Labute approximate surface area is 212 Å². The molecule has 0 aliphatic carbocycles. The van der Waals surface area contributed by atoms with E-state index in [-0.39, 0.29) is 24.4 Å². The SMILES string of the molecule is CCCCNC(=O)C(c1ccc(CC)cc1)N(C(=O)CNC(=O)OC(C)(C)C)C(C)CCC(C)C. The predicted molar refractivity (Wildman–Crippen MR) is 141 cm³/mol. The normalized spacial score (nSPS) is 13.2. The molecule has 0 spiro atoms. The van der Waals surface area contributed by atoms with Crippen LogP contribution in [0.3, 0.4) is 0 Å². The summed E-state index contributed by atoms with van der Waals surface area (Å²) in [5.74, 6) is -0.0537. The van der Waals surface area contributed by atoms with Crippen LogP contribution in [-0.2, 0) is 20.7 Å².